The van der Waals surface area contributed by atoms with Crippen molar-refractivity contribution in [2.75, 3.05) is 14.1 Å². The lowest BCUT2D eigenvalue weighted by molar-refractivity contribution is 0.396. The summed E-state index contributed by atoms with van der Waals surface area (Å²) in [5.74, 6) is 0. The molecule has 0 fully saturated rings. The fourth-order valence-corrected chi connectivity index (χ4v) is 1.66. The third-order valence-corrected chi connectivity index (χ3v) is 2.90. The molecule has 0 spiro atoms. The van der Waals surface area contributed by atoms with E-state index >= 15 is 0 Å². The van der Waals surface area contributed by atoms with Gasteiger partial charge < -0.3 is 4.90 Å². The van der Waals surface area contributed by atoms with Crippen LogP contribution in [0, 0.1) is 0 Å². The summed E-state index contributed by atoms with van der Waals surface area (Å²) in [7, 11) is 5.31. The van der Waals surface area contributed by atoms with Crippen LogP contribution in [0.3, 0.4) is 0 Å². The van der Waals surface area contributed by atoms with Crippen molar-refractivity contribution >= 4 is 19.7 Å². The fraction of sp³-hybridized carbons (Fsp3) is 0.375. The Labute approximate surface area is 87.9 Å². The van der Waals surface area contributed by atoms with Gasteiger partial charge in [-0.25, -0.2) is 8.42 Å². The molecule has 4 nitrogen and oxygen atoms in total. The molecule has 1 rings (SSSR count). The van der Waals surface area contributed by atoms with E-state index < -0.39 is 9.05 Å². The standard InChI is InChI=1S/C8H11ClN2O2S/c1-11(2)6-7-3-4-8(5-10-7)14(9,12)13/h3-5H,6H2,1-2H3. The maximum Gasteiger partial charge on any atom is 0.262 e. The van der Waals surface area contributed by atoms with Crippen LogP contribution in [0.25, 0.3) is 0 Å². The highest BCUT2D eigenvalue weighted by Gasteiger charge is 2.09. The van der Waals surface area contributed by atoms with Crippen LogP contribution in [0.15, 0.2) is 23.2 Å². The maximum absolute atomic E-state index is 10.9. The predicted octanol–water partition coefficient (Wildman–Crippen LogP) is 1.07. The van der Waals surface area contributed by atoms with Crippen LogP contribution < -0.4 is 0 Å². The van der Waals surface area contributed by atoms with Gasteiger partial charge in [0.1, 0.15) is 4.90 Å². The van der Waals surface area contributed by atoms with Crippen molar-refractivity contribution in [3.05, 3.63) is 24.0 Å². The molecule has 0 aliphatic heterocycles. The third-order valence-electron chi connectivity index (χ3n) is 1.56. The summed E-state index contributed by atoms with van der Waals surface area (Å²) in [6, 6.07) is 3.10. The number of hydrogen-bond donors (Lipinski definition) is 0. The van der Waals surface area contributed by atoms with Crippen molar-refractivity contribution in [1.82, 2.24) is 9.88 Å². The monoisotopic (exact) mass is 234 g/mol. The van der Waals surface area contributed by atoms with E-state index in [1.807, 2.05) is 19.0 Å². The van der Waals surface area contributed by atoms with E-state index in [9.17, 15) is 8.42 Å². The molecule has 0 aromatic carbocycles. The first kappa shape index (κ1) is 11.4. The van der Waals surface area contributed by atoms with Gasteiger partial charge in [-0.15, -0.1) is 0 Å². The second-order valence-corrected chi connectivity index (χ2v) is 5.73. The second kappa shape index (κ2) is 4.25. The van der Waals surface area contributed by atoms with E-state index in [-0.39, 0.29) is 4.90 Å². The molecule has 0 aliphatic carbocycles. The van der Waals surface area contributed by atoms with E-state index in [1.165, 1.54) is 12.3 Å². The average Bonchev–Trinajstić information content (AvgIpc) is 2.02. The zero-order chi connectivity index (χ0) is 10.8. The van der Waals surface area contributed by atoms with Gasteiger partial charge in [0.25, 0.3) is 9.05 Å². The van der Waals surface area contributed by atoms with Crippen molar-refractivity contribution in [3.63, 3.8) is 0 Å². The van der Waals surface area contributed by atoms with Crippen LogP contribution in [0.1, 0.15) is 5.69 Å². The number of hydrogen-bond acceptors (Lipinski definition) is 4. The van der Waals surface area contributed by atoms with Gasteiger partial charge in [-0.2, -0.15) is 0 Å². The summed E-state index contributed by atoms with van der Waals surface area (Å²) in [5, 5.41) is 0. The molecular weight excluding hydrogens is 224 g/mol. The topological polar surface area (TPSA) is 50.3 Å². The Morgan fingerprint density at radius 3 is 2.43 bits per heavy atom. The maximum atomic E-state index is 10.9. The fourth-order valence-electron chi connectivity index (χ4n) is 0.973. The smallest absolute Gasteiger partial charge is 0.262 e. The third kappa shape index (κ3) is 3.25. The summed E-state index contributed by atoms with van der Waals surface area (Å²) in [5.41, 5.74) is 0.805. The first-order valence-corrected chi connectivity index (χ1v) is 6.25. The lowest BCUT2D eigenvalue weighted by Crippen LogP contribution is -2.11. The Balaban J connectivity index is 2.90. The van der Waals surface area contributed by atoms with E-state index in [1.54, 1.807) is 6.07 Å². The minimum atomic E-state index is -3.65. The Morgan fingerprint density at radius 2 is 2.07 bits per heavy atom. The van der Waals surface area contributed by atoms with E-state index in [0.29, 0.717) is 6.54 Å². The molecule has 14 heavy (non-hydrogen) atoms. The van der Waals surface area contributed by atoms with E-state index in [2.05, 4.69) is 4.98 Å². The van der Waals surface area contributed by atoms with Gasteiger partial charge in [-0.1, -0.05) is 0 Å². The van der Waals surface area contributed by atoms with Crippen LogP contribution in [-0.4, -0.2) is 32.4 Å². The molecule has 0 saturated carbocycles. The number of halogens is 1. The van der Waals surface area contributed by atoms with Gasteiger partial charge in [0, 0.05) is 23.4 Å². The highest BCUT2D eigenvalue weighted by Crippen LogP contribution is 2.13. The first-order chi connectivity index (χ1) is 6.39. The number of aromatic nitrogens is 1. The Bertz CT molecular complexity index is 400. The van der Waals surface area contributed by atoms with Crippen molar-refractivity contribution in [3.8, 4) is 0 Å². The van der Waals surface area contributed by atoms with Crippen molar-refractivity contribution < 1.29 is 8.42 Å². The first-order valence-electron chi connectivity index (χ1n) is 3.94. The molecule has 0 aliphatic rings. The van der Waals surface area contributed by atoms with Crippen molar-refractivity contribution in [2.24, 2.45) is 0 Å². The molecule has 0 saturated heterocycles. The number of pyridine rings is 1. The summed E-state index contributed by atoms with van der Waals surface area (Å²) >= 11 is 0. The molecule has 0 atom stereocenters. The van der Waals surface area contributed by atoms with E-state index in [4.69, 9.17) is 10.7 Å². The second-order valence-electron chi connectivity index (χ2n) is 3.16. The van der Waals surface area contributed by atoms with Gasteiger partial charge in [-0.05, 0) is 26.2 Å². The van der Waals surface area contributed by atoms with Gasteiger partial charge >= 0.3 is 0 Å². The van der Waals surface area contributed by atoms with Gasteiger partial charge in [0.15, 0.2) is 0 Å². The summed E-state index contributed by atoms with van der Waals surface area (Å²) < 4.78 is 21.8. The van der Waals surface area contributed by atoms with Gasteiger partial charge in [-0.3, -0.25) is 4.98 Å². The lowest BCUT2D eigenvalue weighted by Gasteiger charge is -2.08. The minimum Gasteiger partial charge on any atom is -0.304 e. The summed E-state index contributed by atoms with van der Waals surface area (Å²) in [4.78, 5) is 5.95. The molecule has 0 amide bonds. The minimum absolute atomic E-state index is 0.0293. The molecule has 0 radical (unpaired) electrons. The predicted molar refractivity (Wildman–Crippen MR) is 54.7 cm³/mol. The number of nitrogens with zero attached hydrogens (tertiary/aromatic N) is 2. The molecular formula is C8H11ClN2O2S. The Hall–Kier alpha value is -0.650. The highest BCUT2D eigenvalue weighted by atomic mass is 35.7. The molecule has 0 unspecified atom stereocenters. The molecule has 0 bridgehead atoms. The van der Waals surface area contributed by atoms with Crippen molar-refractivity contribution in [2.45, 2.75) is 11.4 Å². The zero-order valence-corrected chi connectivity index (χ0v) is 9.51. The van der Waals surface area contributed by atoms with Gasteiger partial charge in [0.2, 0.25) is 0 Å². The van der Waals surface area contributed by atoms with E-state index in [0.717, 1.165) is 5.69 Å². The summed E-state index contributed by atoms with van der Waals surface area (Å²) in [6.45, 7) is 0.669. The normalized spacial score (nSPS) is 12.0. The molecule has 78 valence electrons. The SMILES string of the molecule is CN(C)Cc1ccc(S(=O)(=O)Cl)cn1. The quantitative estimate of drug-likeness (QED) is 0.735. The van der Waals surface area contributed by atoms with Crippen LogP contribution >= 0.6 is 10.7 Å². The Kier molecular flexibility index (Phi) is 3.47. The Morgan fingerprint density at radius 1 is 1.43 bits per heavy atom. The lowest BCUT2D eigenvalue weighted by atomic mass is 10.3. The molecule has 6 heteroatoms. The average molecular weight is 235 g/mol. The van der Waals surface area contributed by atoms with Crippen molar-refractivity contribution in [1.29, 1.82) is 0 Å². The number of rotatable bonds is 3. The van der Waals surface area contributed by atoms with Crippen LogP contribution in [-0.2, 0) is 15.6 Å². The highest BCUT2D eigenvalue weighted by molar-refractivity contribution is 8.13. The zero-order valence-electron chi connectivity index (χ0n) is 7.94. The molecule has 1 aromatic heterocycles. The van der Waals surface area contributed by atoms with Crippen LogP contribution in [0.4, 0.5) is 0 Å². The summed E-state index contributed by atoms with van der Waals surface area (Å²) in [6.07, 6.45) is 1.27. The van der Waals surface area contributed by atoms with Gasteiger partial charge in [0.05, 0.1) is 5.69 Å². The van der Waals surface area contributed by atoms with Crippen LogP contribution in [0.5, 0.6) is 0 Å². The molecule has 1 aromatic rings. The largest absolute Gasteiger partial charge is 0.304 e. The van der Waals surface area contributed by atoms with Crippen LogP contribution in [0.2, 0.25) is 0 Å². The molecule has 0 N–H and O–H groups in total. The molecule has 1 heterocycles.